The first-order valence-electron chi connectivity index (χ1n) is 43.0. The largest absolute Gasteiger partial charge is 0.586 e. The quantitative estimate of drug-likeness (QED) is 0.0973. The smallest absolute Gasteiger partial charge is 0.347 e. The molecule has 2 aromatic heterocycles. The van der Waals surface area contributed by atoms with Crippen molar-refractivity contribution < 1.29 is 34.8 Å². The molecule has 660 valence electrons. The number of hydrogen-bond donors (Lipinski definition) is 1. The van der Waals surface area contributed by atoms with Gasteiger partial charge in [0.25, 0.3) is 0 Å². The molecule has 3 aliphatic rings. The van der Waals surface area contributed by atoms with E-state index in [0.29, 0.717) is 29.7 Å². The molecule has 0 spiro atoms. The molecule has 17 aromatic carbocycles. The minimum absolute atomic E-state index is 0.0204. The van der Waals surface area contributed by atoms with Gasteiger partial charge in [0.15, 0.2) is 93.3 Å². The Morgan fingerprint density at radius 2 is 0.556 bits per heavy atom. The van der Waals surface area contributed by atoms with Crippen LogP contribution in [0.1, 0.15) is 58.2 Å². The normalized spacial score (nSPS) is 13.3. The van der Waals surface area contributed by atoms with E-state index >= 15 is 0 Å². The predicted octanol–water partition coefficient (Wildman–Crippen LogP) is 32.1. The average molecular weight is 1910 g/mol. The number of benzene rings is 17. The van der Waals surface area contributed by atoms with E-state index in [-0.39, 0.29) is 70.2 Å². The molecule has 0 bridgehead atoms. The Bertz CT molecular complexity index is 7250. The van der Waals surface area contributed by atoms with E-state index in [2.05, 4.69) is 253 Å². The summed E-state index contributed by atoms with van der Waals surface area (Å²) in [4.78, 5) is 43.3. The van der Waals surface area contributed by atoms with Crippen molar-refractivity contribution in [2.45, 2.75) is 137 Å². The first-order chi connectivity index (χ1) is 64.2. The number of fused-ring (bicyclic) bond motifs is 10. The Morgan fingerprint density at radius 1 is 0.278 bits per heavy atom. The van der Waals surface area contributed by atoms with Gasteiger partial charge in [0, 0.05) is 20.9 Å². The van der Waals surface area contributed by atoms with Crippen molar-refractivity contribution in [1.29, 1.82) is 0 Å². The standard InChI is InChI=1S/C21H26F3S.C20H12F3OS.C19H13OS.C18H14NS.C18H13O2S2.C18H13S2/c1-19(2,3)15-7-11-17(12-8-15)25(21(22,23)24)18-13-9-16(10-14-18)20(4,5)6;21-20(22,23)13-10-11-18-16(12-13)19(24)15-8-4-5-9-17(15)25(18)14-6-2-1-3-7-14;20-19-15-10-4-6-12-17(15)21(14-8-2-1-3-9-14)18-13-7-5-11-16(18)19;1-2-8-14(9-3-1)20-17-12-6-4-10-15(17)19-16-11-5-7-13-18(16)20;19-22(20)17-12-6-4-10-15(17)21(14-8-2-1-3-9-14)16-11-5-7-13-18(16)22;1-2-8-14(9-3-1)20-17-12-6-4-10-15(17)19-16-11-5-7-13-18(16)20/h7-14H,1-6H3;1-12H;1-13H;1-13,19H;1-13H;1-13H/q6*+1. The lowest BCUT2D eigenvalue weighted by Gasteiger charge is -2.20. The first-order valence-corrected chi connectivity index (χ1v) is 52.6. The molecular formula is C114H91F6NO4S8+6. The number of hydrogen-bond acceptors (Lipinski definition) is 6. The van der Waals surface area contributed by atoms with Gasteiger partial charge in [-0.15, -0.1) is 13.2 Å². The van der Waals surface area contributed by atoms with Crippen LogP contribution in [0.4, 0.5) is 37.7 Å². The van der Waals surface area contributed by atoms with Gasteiger partial charge in [-0.25, -0.2) is 8.42 Å². The Hall–Kier alpha value is -12.4. The molecule has 1 atom stereocenters. The molecule has 19 heteroatoms. The molecule has 5 heterocycles. The number of alkyl halides is 6. The van der Waals surface area contributed by atoms with Crippen LogP contribution in [0.2, 0.25) is 0 Å². The first kappa shape index (κ1) is 92.5. The molecule has 3 aliphatic heterocycles. The second-order valence-electron chi connectivity index (χ2n) is 33.3. The van der Waals surface area contributed by atoms with Gasteiger partial charge in [-0.05, 0) is 234 Å². The zero-order chi connectivity index (χ0) is 92.8. The topological polar surface area (TPSA) is 80.3 Å². The summed E-state index contributed by atoms with van der Waals surface area (Å²) in [6.45, 7) is 12.3. The molecule has 0 amide bonds. The summed E-state index contributed by atoms with van der Waals surface area (Å²) >= 11 is 1.89. The maximum atomic E-state index is 13.8. The van der Waals surface area contributed by atoms with Crippen molar-refractivity contribution in [3.63, 3.8) is 0 Å². The Kier molecular flexibility index (Phi) is 27.7. The third-order valence-corrected chi connectivity index (χ3v) is 39.6. The van der Waals surface area contributed by atoms with Crippen molar-refractivity contribution in [1.82, 2.24) is 0 Å². The van der Waals surface area contributed by atoms with Gasteiger partial charge in [-0.2, -0.15) is 13.2 Å². The summed E-state index contributed by atoms with van der Waals surface area (Å²) < 4.78 is 110. The molecular weight excluding hydrogens is 1820 g/mol. The van der Waals surface area contributed by atoms with Crippen molar-refractivity contribution in [2.75, 3.05) is 5.32 Å². The zero-order valence-electron chi connectivity index (χ0n) is 73.2. The average Bonchev–Trinajstić information content (AvgIpc) is 0.729. The Balaban J connectivity index is 0.000000111. The van der Waals surface area contributed by atoms with E-state index in [9.17, 15) is 44.3 Å². The van der Waals surface area contributed by atoms with Crippen LogP contribution in [0, 0.1) is 0 Å². The lowest BCUT2D eigenvalue weighted by Crippen LogP contribution is -2.24. The van der Waals surface area contributed by atoms with Gasteiger partial charge in [-0.3, -0.25) is 9.59 Å². The van der Waals surface area contributed by atoms with Gasteiger partial charge in [0.05, 0.1) is 48.3 Å². The molecule has 1 unspecified atom stereocenters. The minimum Gasteiger partial charge on any atom is -0.347 e. The summed E-state index contributed by atoms with van der Waals surface area (Å²) in [6.07, 6.45) is -4.47. The highest BCUT2D eigenvalue weighted by Gasteiger charge is 2.55. The number of nitrogens with one attached hydrogen (secondary N) is 1. The van der Waals surface area contributed by atoms with Crippen LogP contribution in [-0.2, 0) is 70.4 Å². The highest BCUT2D eigenvalue weighted by Crippen LogP contribution is 2.52. The van der Waals surface area contributed by atoms with Crippen LogP contribution in [0.15, 0.2) is 520 Å². The van der Waals surface area contributed by atoms with Gasteiger partial charge in [0.2, 0.25) is 20.7 Å². The third kappa shape index (κ3) is 20.0. The zero-order valence-corrected chi connectivity index (χ0v) is 79.8. The van der Waals surface area contributed by atoms with Crippen molar-refractivity contribution >= 4 is 138 Å². The Morgan fingerprint density at radius 3 is 0.917 bits per heavy atom. The number of para-hydroxylation sites is 2. The fraction of sp³-hybridized carbons (Fsp3) is 0.0877. The summed E-state index contributed by atoms with van der Waals surface area (Å²) in [5.74, 6) is 0. The lowest BCUT2D eigenvalue weighted by molar-refractivity contribution is -0.137. The monoisotopic (exact) mass is 1910 g/mol. The van der Waals surface area contributed by atoms with Crippen LogP contribution >= 0.6 is 32.7 Å². The molecule has 5 nitrogen and oxygen atoms in total. The maximum Gasteiger partial charge on any atom is 0.586 e. The maximum absolute atomic E-state index is 13.8. The lowest BCUT2D eigenvalue weighted by atomic mass is 9.87. The van der Waals surface area contributed by atoms with Crippen LogP contribution < -0.4 is 16.2 Å². The molecule has 0 saturated heterocycles. The summed E-state index contributed by atoms with van der Waals surface area (Å²) in [6, 6.07) is 141. The molecule has 22 rings (SSSR count). The number of anilines is 2. The molecule has 0 saturated carbocycles. The fourth-order valence-electron chi connectivity index (χ4n) is 16.0. The molecule has 1 N–H and O–H groups in total. The second kappa shape index (κ2) is 39.8. The minimum atomic E-state index is -4.47. The highest BCUT2D eigenvalue weighted by atomic mass is 32.2. The SMILES string of the molecule is CC(C)(C)c1ccc([S+](c2ccc(C(C)(C)C)cc2)C(F)(F)F)cc1.O=S1(=O)c2ccccc2[S+](c2ccccc2)c2ccccc21.O=c1c2ccccc2[s+](-c2ccccc2)c2ccc(C(F)(F)F)cc12.O=c1c2ccccc2[s+](-c2ccccc2)c2ccccc12.c1ccc([S+]2c3ccccc3Nc3ccccc32)cc1.c1ccc([S+]2c3ccccc3Sc3ccccc32)cc1. The van der Waals surface area contributed by atoms with Gasteiger partial charge < -0.3 is 5.32 Å². The van der Waals surface area contributed by atoms with Gasteiger partial charge in [0.1, 0.15) is 42.5 Å². The van der Waals surface area contributed by atoms with E-state index in [1.54, 1.807) is 60.7 Å². The predicted molar refractivity (Wildman–Crippen MR) is 546 cm³/mol. The highest BCUT2D eigenvalue weighted by molar-refractivity contribution is 8.04. The van der Waals surface area contributed by atoms with E-state index in [4.69, 9.17) is 0 Å². The van der Waals surface area contributed by atoms with Crippen LogP contribution in [0.5, 0.6) is 0 Å². The summed E-state index contributed by atoms with van der Waals surface area (Å²) in [5, 5.41) is 5.83. The second-order valence-corrected chi connectivity index (χ2v) is 48.1. The molecule has 0 aliphatic carbocycles. The third-order valence-electron chi connectivity index (χ3n) is 22.4. The van der Waals surface area contributed by atoms with Gasteiger partial charge in [-0.1, -0.05) is 278 Å². The van der Waals surface area contributed by atoms with Crippen molar-refractivity contribution in [2.24, 2.45) is 0 Å². The summed E-state index contributed by atoms with van der Waals surface area (Å²) in [5.41, 5.74) is -0.959. The number of rotatable bonds is 7. The van der Waals surface area contributed by atoms with Crippen molar-refractivity contribution in [3.05, 3.63) is 474 Å². The van der Waals surface area contributed by atoms with Gasteiger partial charge >= 0.3 is 11.7 Å². The van der Waals surface area contributed by atoms with E-state index < -0.39 is 48.5 Å². The van der Waals surface area contributed by atoms with E-state index in [1.807, 2.05) is 163 Å². The number of sulfone groups is 1. The molecule has 0 radical (unpaired) electrons. The Labute approximate surface area is 792 Å². The van der Waals surface area contributed by atoms with Crippen LogP contribution in [-0.4, -0.2) is 13.9 Å². The van der Waals surface area contributed by atoms with Crippen LogP contribution in [0.25, 0.3) is 50.1 Å². The van der Waals surface area contributed by atoms with E-state index in [0.717, 1.165) is 67.7 Å². The molecule has 19 aromatic rings. The molecule has 0 fully saturated rings. The van der Waals surface area contributed by atoms with Crippen LogP contribution in [0.3, 0.4) is 0 Å². The number of halogens is 6. The molecule has 133 heavy (non-hydrogen) atoms. The summed E-state index contributed by atoms with van der Waals surface area (Å²) in [7, 11) is -6.56. The van der Waals surface area contributed by atoms with Crippen molar-refractivity contribution in [3.8, 4) is 9.79 Å². The fourth-order valence-corrected chi connectivity index (χ4v) is 33.1. The van der Waals surface area contributed by atoms with E-state index in [1.165, 1.54) is 61.5 Å².